The van der Waals surface area contributed by atoms with Crippen LogP contribution in [0.3, 0.4) is 0 Å². The zero-order valence-corrected chi connectivity index (χ0v) is 21.7. The maximum atomic E-state index is 14.6. The molecular formula is C37H23F3. The lowest BCUT2D eigenvalue weighted by Crippen LogP contribution is -1.95. The lowest BCUT2D eigenvalue weighted by Gasteiger charge is -2.19. The van der Waals surface area contributed by atoms with Gasteiger partial charge in [-0.25, -0.2) is 13.2 Å². The third-order valence-electron chi connectivity index (χ3n) is 7.72. The first kappa shape index (κ1) is 24.2. The highest BCUT2D eigenvalue weighted by Crippen LogP contribution is 2.45. The molecule has 0 saturated carbocycles. The summed E-state index contributed by atoms with van der Waals surface area (Å²) in [5.74, 6) is -3.88. The maximum Gasteiger partial charge on any atom is 0.194 e. The highest BCUT2D eigenvalue weighted by Gasteiger charge is 2.20. The number of rotatable bonds is 3. The second kappa shape index (κ2) is 9.39. The van der Waals surface area contributed by atoms with Crippen LogP contribution in [0.15, 0.2) is 121 Å². The topological polar surface area (TPSA) is 0 Å². The van der Waals surface area contributed by atoms with E-state index >= 15 is 0 Å². The molecule has 0 aromatic heterocycles. The van der Waals surface area contributed by atoms with Crippen LogP contribution in [0.5, 0.6) is 0 Å². The first-order valence-corrected chi connectivity index (χ1v) is 13.2. The van der Waals surface area contributed by atoms with Gasteiger partial charge in [0.25, 0.3) is 0 Å². The fraction of sp³-hybridized carbons (Fsp3) is 0.0270. The van der Waals surface area contributed by atoms with Gasteiger partial charge in [-0.1, -0.05) is 103 Å². The first-order chi connectivity index (χ1) is 19.5. The summed E-state index contributed by atoms with van der Waals surface area (Å²) >= 11 is 0. The fourth-order valence-corrected chi connectivity index (χ4v) is 5.77. The minimum atomic E-state index is -1.47. The zero-order valence-electron chi connectivity index (χ0n) is 21.7. The summed E-state index contributed by atoms with van der Waals surface area (Å²) in [4.78, 5) is 0. The van der Waals surface area contributed by atoms with Gasteiger partial charge < -0.3 is 0 Å². The van der Waals surface area contributed by atoms with Crippen LogP contribution in [0.1, 0.15) is 5.56 Å². The molecule has 0 bridgehead atoms. The molecule has 0 aliphatic rings. The van der Waals surface area contributed by atoms with Crippen LogP contribution < -0.4 is 0 Å². The van der Waals surface area contributed by atoms with Gasteiger partial charge in [0, 0.05) is 0 Å². The van der Waals surface area contributed by atoms with Crippen LogP contribution in [0.2, 0.25) is 0 Å². The molecule has 3 heteroatoms. The average molecular weight is 525 g/mol. The molecule has 0 aliphatic heterocycles. The minimum absolute atomic E-state index is 0.295. The Bertz CT molecular complexity index is 2070. The molecule has 192 valence electrons. The molecule has 0 aliphatic carbocycles. The van der Waals surface area contributed by atoms with Gasteiger partial charge in [0.1, 0.15) is 0 Å². The van der Waals surface area contributed by atoms with Crippen molar-refractivity contribution in [2.24, 2.45) is 0 Å². The van der Waals surface area contributed by atoms with E-state index in [1.807, 2.05) is 43.3 Å². The van der Waals surface area contributed by atoms with Crippen LogP contribution >= 0.6 is 0 Å². The van der Waals surface area contributed by atoms with Gasteiger partial charge >= 0.3 is 0 Å². The quantitative estimate of drug-likeness (QED) is 0.159. The van der Waals surface area contributed by atoms with Gasteiger partial charge in [0.2, 0.25) is 0 Å². The summed E-state index contributed by atoms with van der Waals surface area (Å²) in [6, 6.07) is 39.2. The molecule has 40 heavy (non-hydrogen) atoms. The van der Waals surface area contributed by atoms with E-state index in [-0.39, 0.29) is 0 Å². The molecule has 7 rings (SSSR count). The number of hydrogen-bond donors (Lipinski definition) is 0. The van der Waals surface area contributed by atoms with E-state index in [0.29, 0.717) is 11.1 Å². The fourth-order valence-electron chi connectivity index (χ4n) is 5.77. The van der Waals surface area contributed by atoms with Crippen LogP contribution in [0.25, 0.3) is 65.7 Å². The Morgan fingerprint density at radius 2 is 0.950 bits per heavy atom. The van der Waals surface area contributed by atoms with E-state index in [1.165, 1.54) is 0 Å². The predicted molar refractivity (Wildman–Crippen MR) is 160 cm³/mol. The molecule has 7 aromatic carbocycles. The Morgan fingerprint density at radius 1 is 0.400 bits per heavy atom. The molecule has 0 fully saturated rings. The standard InChI is InChI=1S/C37H23F3/c1-22-10-12-24(13-11-22)26-16-17-31-32(19-26)36(28-20-33(38)37(40)34(39)21-28)30-9-5-4-8-29(30)35(31)27-15-14-23-6-2-3-7-25(23)18-27/h2-21H,1H3. The Hall–Kier alpha value is -4.89. The SMILES string of the molecule is Cc1ccc(-c2ccc3c(-c4ccc5ccccc5c4)c4ccccc4c(-c4cc(F)c(F)c(F)c4)c3c2)cc1. The van der Waals surface area contributed by atoms with Crippen molar-refractivity contribution in [3.8, 4) is 33.4 Å². The summed E-state index contributed by atoms with van der Waals surface area (Å²) in [7, 11) is 0. The first-order valence-electron chi connectivity index (χ1n) is 13.2. The molecule has 0 radical (unpaired) electrons. The van der Waals surface area contributed by atoms with Gasteiger partial charge in [0.05, 0.1) is 0 Å². The number of halogens is 3. The second-order valence-corrected chi connectivity index (χ2v) is 10.2. The van der Waals surface area contributed by atoms with Crippen molar-refractivity contribution >= 4 is 32.3 Å². The molecular weight excluding hydrogens is 501 g/mol. The summed E-state index contributed by atoms with van der Waals surface area (Å²) < 4.78 is 43.2. The summed E-state index contributed by atoms with van der Waals surface area (Å²) in [5, 5.41) is 5.85. The van der Waals surface area contributed by atoms with Crippen molar-refractivity contribution in [3.63, 3.8) is 0 Å². The predicted octanol–water partition coefficient (Wildman–Crippen LogP) is 10.9. The molecule has 0 spiro atoms. The van der Waals surface area contributed by atoms with E-state index < -0.39 is 17.5 Å². The van der Waals surface area contributed by atoms with Crippen molar-refractivity contribution in [2.75, 3.05) is 0 Å². The molecule has 0 atom stereocenters. The molecule has 0 saturated heterocycles. The number of benzene rings is 7. The van der Waals surface area contributed by atoms with Crippen molar-refractivity contribution < 1.29 is 13.2 Å². The van der Waals surface area contributed by atoms with Crippen molar-refractivity contribution in [3.05, 3.63) is 144 Å². The third kappa shape index (κ3) is 3.94. The van der Waals surface area contributed by atoms with E-state index in [4.69, 9.17) is 0 Å². The molecule has 0 N–H and O–H groups in total. The summed E-state index contributed by atoms with van der Waals surface area (Å²) in [6.45, 7) is 2.04. The highest BCUT2D eigenvalue weighted by molar-refractivity contribution is 6.22. The van der Waals surface area contributed by atoms with Crippen LogP contribution in [-0.2, 0) is 0 Å². The van der Waals surface area contributed by atoms with E-state index in [2.05, 4.69) is 72.8 Å². The lowest BCUT2D eigenvalue weighted by atomic mass is 9.84. The third-order valence-corrected chi connectivity index (χ3v) is 7.72. The van der Waals surface area contributed by atoms with Crippen LogP contribution in [-0.4, -0.2) is 0 Å². The number of hydrogen-bond acceptors (Lipinski definition) is 0. The number of aryl methyl sites for hydroxylation is 1. The molecule has 0 unspecified atom stereocenters. The van der Waals surface area contributed by atoms with Gasteiger partial charge in [0.15, 0.2) is 17.5 Å². The van der Waals surface area contributed by atoms with Crippen molar-refractivity contribution in [1.82, 2.24) is 0 Å². The van der Waals surface area contributed by atoms with Crippen LogP contribution in [0.4, 0.5) is 13.2 Å². The van der Waals surface area contributed by atoms with E-state index in [0.717, 1.165) is 72.3 Å². The van der Waals surface area contributed by atoms with Crippen molar-refractivity contribution in [2.45, 2.75) is 6.92 Å². The Kier molecular flexibility index (Phi) is 5.67. The monoisotopic (exact) mass is 524 g/mol. The lowest BCUT2D eigenvalue weighted by molar-refractivity contribution is 0.448. The molecule has 0 heterocycles. The van der Waals surface area contributed by atoms with Gasteiger partial charge in [-0.2, -0.15) is 0 Å². The van der Waals surface area contributed by atoms with Gasteiger partial charge in [-0.05, 0) is 96.9 Å². The Morgan fingerprint density at radius 3 is 1.65 bits per heavy atom. The van der Waals surface area contributed by atoms with Crippen LogP contribution in [0, 0.1) is 24.4 Å². The van der Waals surface area contributed by atoms with E-state index in [1.54, 1.807) is 0 Å². The summed E-state index contributed by atoms with van der Waals surface area (Å²) in [6.07, 6.45) is 0. The van der Waals surface area contributed by atoms with Crippen molar-refractivity contribution in [1.29, 1.82) is 0 Å². The number of fused-ring (bicyclic) bond motifs is 3. The smallest absolute Gasteiger partial charge is 0.194 e. The summed E-state index contributed by atoms with van der Waals surface area (Å²) in [5.41, 5.74) is 6.23. The minimum Gasteiger partial charge on any atom is -0.204 e. The Balaban J connectivity index is 1.63. The van der Waals surface area contributed by atoms with E-state index in [9.17, 15) is 13.2 Å². The highest BCUT2D eigenvalue weighted by atomic mass is 19.2. The second-order valence-electron chi connectivity index (χ2n) is 10.2. The average Bonchev–Trinajstić information content (AvgIpc) is 2.98. The normalized spacial score (nSPS) is 11.5. The molecule has 0 amide bonds. The maximum absolute atomic E-state index is 14.6. The zero-order chi connectivity index (χ0) is 27.4. The van der Waals surface area contributed by atoms with Gasteiger partial charge in [-0.15, -0.1) is 0 Å². The molecule has 0 nitrogen and oxygen atoms in total. The molecule has 7 aromatic rings. The largest absolute Gasteiger partial charge is 0.204 e. The van der Waals surface area contributed by atoms with Gasteiger partial charge in [-0.3, -0.25) is 0 Å². The Labute approximate surface area is 230 Å².